The fraction of sp³-hybridized carbons (Fsp3) is 0.600. The SMILES string of the molecule is CCCCCCOc1c(Cl)c(Cl)c(OCCCCCC)c2c1-c1nc-2nc2[nH]c(nc3nc(nc4[nH]c(n1)c1c(OCCCCCC)c(Cl)c(Cl)c(OCCCCCC)c41)-c1c(OCCCCCC)c(Cl)c(Cl)c(OCCCCCC)c1-3)c1c(OCCCCCC)c(Cl)c(Cl)c(OCCCCCC)c21. The number of ether oxygens (including phenoxy) is 8. The molecule has 8 bridgehead atoms. The fourth-order valence-corrected chi connectivity index (χ4v) is 14.9. The molecule has 0 fully saturated rings. The number of benzene rings is 4. The summed E-state index contributed by atoms with van der Waals surface area (Å²) in [4.78, 5) is 40.8. The van der Waals surface area contributed by atoms with E-state index < -0.39 is 0 Å². The van der Waals surface area contributed by atoms with Gasteiger partial charge in [-0.25, -0.2) is 29.9 Å². The second-order valence-electron chi connectivity index (χ2n) is 27.0. The average Bonchev–Trinajstić information content (AvgIpc) is 1.60. The van der Waals surface area contributed by atoms with Gasteiger partial charge in [-0.2, -0.15) is 0 Å². The summed E-state index contributed by atoms with van der Waals surface area (Å²) in [6.07, 6.45) is 29.3. The zero-order chi connectivity index (χ0) is 74.1. The highest BCUT2D eigenvalue weighted by Gasteiger charge is 2.38. The summed E-state index contributed by atoms with van der Waals surface area (Å²) < 4.78 is 55.3. The average molecular weight is 1590 g/mol. The molecule has 9 rings (SSSR count). The van der Waals surface area contributed by atoms with Gasteiger partial charge in [-0.1, -0.05) is 302 Å². The second-order valence-corrected chi connectivity index (χ2v) is 30.1. The molecule has 0 unspecified atom stereocenters. The van der Waals surface area contributed by atoms with Crippen LogP contribution in [0.15, 0.2) is 0 Å². The number of nitrogens with one attached hydrogen (secondary N) is 2. The highest BCUT2D eigenvalue weighted by Crippen LogP contribution is 2.59. The van der Waals surface area contributed by atoms with E-state index in [4.69, 9.17) is 161 Å². The van der Waals surface area contributed by atoms with Crippen molar-refractivity contribution >= 4 is 137 Å². The first kappa shape index (κ1) is 83.0. The standard InChI is InChI=1S/C80H106Cl8N8O8/c1-9-17-25-33-41-97-65-49-50(66(58(82)57(65)81)98-42-34-26-18-10-2)74-89-73(49)93-75-51-52(68(100-44-36-28-20-12-4)60(84)59(83)67(51)99-43-35-27-19-11-3)77(90-75)95-79-55-56(72(104-48-40-32-24-16-8)64(88)63(87)71(55)103-47-39-31-23-15-7)80(92-79)96-78-54-53(76(91-78)94-74)69(101-45-37-29-21-13-5)61(85)62(86)70(54)102-46-38-30-22-14-6/h9-48H2,1-8H3,(H2,89,90,91,92,93,94,95,96). The number of fused-ring (bicyclic) bond motifs is 20. The monoisotopic (exact) mass is 1590 g/mol. The Balaban J connectivity index is 1.56. The van der Waals surface area contributed by atoms with E-state index in [0.29, 0.717) is 70.2 Å². The Morgan fingerprint density at radius 2 is 0.356 bits per heavy atom. The Morgan fingerprint density at radius 1 is 0.202 bits per heavy atom. The van der Waals surface area contributed by atoms with Crippen molar-refractivity contribution in [3.05, 3.63) is 40.2 Å². The van der Waals surface area contributed by atoms with Crippen molar-refractivity contribution in [3.8, 4) is 91.5 Å². The number of aromatic amines is 2. The molecule has 3 aromatic heterocycles. The van der Waals surface area contributed by atoms with Gasteiger partial charge in [0.1, 0.15) is 62.8 Å². The zero-order valence-electron chi connectivity index (χ0n) is 62.3. The van der Waals surface area contributed by atoms with Gasteiger partial charge < -0.3 is 47.9 Å². The molecule has 5 heterocycles. The molecule has 7 aromatic rings. The number of nitrogens with zero attached hydrogens (tertiary/aromatic N) is 6. The molecule has 4 aromatic carbocycles. The van der Waals surface area contributed by atoms with Crippen LogP contribution in [0.4, 0.5) is 0 Å². The number of aromatic nitrogens is 8. The summed E-state index contributed by atoms with van der Waals surface area (Å²) in [6.45, 7) is 19.7. The van der Waals surface area contributed by atoms with E-state index in [1.54, 1.807) is 0 Å². The second kappa shape index (κ2) is 42.6. The molecule has 2 N–H and O–H groups in total. The first-order valence-corrected chi connectivity index (χ1v) is 41.8. The lowest BCUT2D eigenvalue weighted by Crippen LogP contribution is -2.04. The van der Waals surface area contributed by atoms with Crippen molar-refractivity contribution in [1.82, 2.24) is 39.9 Å². The van der Waals surface area contributed by atoms with Crippen LogP contribution in [0.1, 0.15) is 261 Å². The van der Waals surface area contributed by atoms with Crippen molar-refractivity contribution < 1.29 is 37.9 Å². The Morgan fingerprint density at radius 3 is 0.519 bits per heavy atom. The number of halogens is 8. The van der Waals surface area contributed by atoms with Gasteiger partial charge in [0.15, 0.2) is 69.3 Å². The van der Waals surface area contributed by atoms with E-state index in [2.05, 4.69) is 65.4 Å². The lowest BCUT2D eigenvalue weighted by Gasteiger charge is -2.18. The smallest absolute Gasteiger partial charge is 0.168 e. The minimum atomic E-state index is 0.111. The summed E-state index contributed by atoms with van der Waals surface area (Å²) in [5.41, 5.74) is 2.28. The van der Waals surface area contributed by atoms with E-state index in [0.717, 1.165) is 205 Å². The molecule has 104 heavy (non-hydrogen) atoms. The number of hydrogen-bond donors (Lipinski definition) is 2. The quantitative estimate of drug-likeness (QED) is 0.0344. The highest BCUT2D eigenvalue weighted by atomic mass is 35.5. The minimum Gasteiger partial charge on any atom is -0.491 e. The fourth-order valence-electron chi connectivity index (χ4n) is 13.0. The van der Waals surface area contributed by atoms with Crippen LogP contribution >= 0.6 is 92.8 Å². The van der Waals surface area contributed by atoms with Gasteiger partial charge in [0, 0.05) is 0 Å². The third kappa shape index (κ3) is 20.1. The van der Waals surface area contributed by atoms with Crippen LogP contribution in [-0.4, -0.2) is 92.7 Å². The van der Waals surface area contributed by atoms with Crippen LogP contribution in [0.5, 0.6) is 46.0 Å². The lowest BCUT2D eigenvalue weighted by molar-refractivity contribution is 0.299. The summed E-state index contributed by atoms with van der Waals surface area (Å²) in [6, 6.07) is 0. The molecule has 24 heteroatoms. The lowest BCUT2D eigenvalue weighted by atomic mass is 10.0. The third-order valence-corrected chi connectivity index (χ3v) is 22.0. The van der Waals surface area contributed by atoms with Gasteiger partial charge in [-0.05, 0) is 51.4 Å². The van der Waals surface area contributed by atoms with Crippen LogP contribution in [-0.2, 0) is 0 Å². The molecule has 570 valence electrons. The maximum absolute atomic E-state index is 7.62. The number of rotatable bonds is 48. The number of H-pyrrole nitrogens is 2. The Bertz CT molecular complexity index is 3660. The molecule has 0 spiro atoms. The number of hydrogen-bond acceptors (Lipinski definition) is 14. The molecule has 0 saturated heterocycles. The minimum absolute atomic E-state index is 0.111. The molecule has 0 radical (unpaired) electrons. The van der Waals surface area contributed by atoms with E-state index in [1.165, 1.54) is 0 Å². The zero-order valence-corrected chi connectivity index (χ0v) is 68.3. The van der Waals surface area contributed by atoms with Crippen molar-refractivity contribution in [3.63, 3.8) is 0 Å². The van der Waals surface area contributed by atoms with Gasteiger partial charge in [-0.3, -0.25) is 0 Å². The predicted octanol–water partition coefficient (Wildman–Crippen LogP) is 27.8. The molecule has 0 saturated carbocycles. The Kier molecular flexibility index (Phi) is 34.0. The van der Waals surface area contributed by atoms with Crippen molar-refractivity contribution in [1.29, 1.82) is 0 Å². The molecule has 2 aliphatic rings. The van der Waals surface area contributed by atoms with Crippen LogP contribution < -0.4 is 37.9 Å². The highest BCUT2D eigenvalue weighted by molar-refractivity contribution is 6.48. The van der Waals surface area contributed by atoms with Gasteiger partial charge in [0.2, 0.25) is 0 Å². The maximum atomic E-state index is 7.62. The molecule has 0 amide bonds. The van der Waals surface area contributed by atoms with Crippen molar-refractivity contribution in [2.45, 2.75) is 261 Å². The normalized spacial score (nSPS) is 11.8. The Hall–Kier alpha value is -5.04. The van der Waals surface area contributed by atoms with Crippen molar-refractivity contribution in [2.75, 3.05) is 52.9 Å². The first-order chi connectivity index (χ1) is 50.7. The van der Waals surface area contributed by atoms with Crippen molar-refractivity contribution in [2.24, 2.45) is 0 Å². The van der Waals surface area contributed by atoms with Gasteiger partial charge >= 0.3 is 0 Å². The van der Waals surface area contributed by atoms with Crippen LogP contribution in [0.2, 0.25) is 40.2 Å². The third-order valence-electron chi connectivity index (χ3n) is 18.7. The maximum Gasteiger partial charge on any atom is 0.168 e. The topological polar surface area (TPSA) is 183 Å². The van der Waals surface area contributed by atoms with Gasteiger partial charge in [0.05, 0.1) is 96.7 Å². The molecule has 2 aliphatic heterocycles. The molecular weight excluding hydrogens is 1480 g/mol. The predicted molar refractivity (Wildman–Crippen MR) is 433 cm³/mol. The van der Waals surface area contributed by atoms with Gasteiger partial charge in [-0.15, -0.1) is 0 Å². The molecular formula is C80H106Cl8N8O8. The molecule has 0 aliphatic carbocycles. The molecule has 16 nitrogen and oxygen atoms in total. The number of unbranched alkanes of at least 4 members (excludes halogenated alkanes) is 24. The van der Waals surface area contributed by atoms with E-state index in [9.17, 15) is 0 Å². The largest absolute Gasteiger partial charge is 0.491 e. The first-order valence-electron chi connectivity index (χ1n) is 38.8. The van der Waals surface area contributed by atoms with Crippen LogP contribution in [0, 0.1) is 0 Å². The van der Waals surface area contributed by atoms with E-state index in [1.807, 2.05) is 0 Å². The molecule has 0 atom stereocenters. The van der Waals surface area contributed by atoms with E-state index in [-0.39, 0.29) is 158 Å². The van der Waals surface area contributed by atoms with Crippen LogP contribution in [0.25, 0.3) is 89.7 Å². The summed E-state index contributed by atoms with van der Waals surface area (Å²) in [7, 11) is 0. The Labute approximate surface area is 655 Å². The summed E-state index contributed by atoms with van der Waals surface area (Å²) >= 11 is 61.0. The summed E-state index contributed by atoms with van der Waals surface area (Å²) in [5, 5.41) is 2.49. The van der Waals surface area contributed by atoms with E-state index >= 15 is 0 Å². The summed E-state index contributed by atoms with van der Waals surface area (Å²) in [5.74, 6) is 2.37. The van der Waals surface area contributed by atoms with Crippen LogP contribution in [0.3, 0.4) is 0 Å². The van der Waals surface area contributed by atoms with Gasteiger partial charge in [0.25, 0.3) is 0 Å².